The lowest BCUT2D eigenvalue weighted by atomic mass is 10.0. The van der Waals surface area contributed by atoms with E-state index in [0.717, 1.165) is 24.2 Å². The molecule has 1 N–H and O–H groups in total. The van der Waals surface area contributed by atoms with Crippen LogP contribution in [0.3, 0.4) is 0 Å². The highest BCUT2D eigenvalue weighted by molar-refractivity contribution is 6.42. The number of aryl methyl sites for hydroxylation is 1. The van der Waals surface area contributed by atoms with Crippen LogP contribution >= 0.6 is 23.2 Å². The van der Waals surface area contributed by atoms with Crippen LogP contribution in [0.15, 0.2) is 36.5 Å². The molecule has 1 aromatic carbocycles. The van der Waals surface area contributed by atoms with Crippen molar-refractivity contribution >= 4 is 23.2 Å². The molecule has 1 unspecified atom stereocenters. The zero-order valence-corrected chi connectivity index (χ0v) is 13.2. The molecule has 4 heteroatoms. The summed E-state index contributed by atoms with van der Waals surface area (Å²) in [4.78, 5) is 4.47. The number of nitrogens with zero attached hydrogens (tertiary/aromatic N) is 1. The second-order valence-electron chi connectivity index (χ2n) is 4.81. The molecular formula is C16H18Cl2N2. The second kappa shape index (κ2) is 7.07. The Hall–Kier alpha value is -1.09. The maximum atomic E-state index is 6.11. The molecule has 0 aliphatic heterocycles. The number of hydrogen-bond acceptors (Lipinski definition) is 2. The van der Waals surface area contributed by atoms with Gasteiger partial charge in [0.25, 0.3) is 0 Å². The highest BCUT2D eigenvalue weighted by Crippen LogP contribution is 2.27. The standard InChI is InChI=1S/C16H18Cl2N2/c1-3-19-16(9-13-6-4-11(2)10-20-13)12-5-7-14(17)15(18)8-12/h4-8,10,16,19H,3,9H2,1-2H3. The monoisotopic (exact) mass is 308 g/mol. The Labute approximate surface area is 130 Å². The summed E-state index contributed by atoms with van der Waals surface area (Å²) < 4.78 is 0. The highest BCUT2D eigenvalue weighted by Gasteiger charge is 2.13. The van der Waals surface area contributed by atoms with Crippen molar-refractivity contribution in [1.29, 1.82) is 0 Å². The Bertz CT molecular complexity index is 567. The molecule has 0 spiro atoms. The fourth-order valence-corrected chi connectivity index (χ4v) is 2.42. The van der Waals surface area contributed by atoms with Gasteiger partial charge in [-0.1, -0.05) is 42.3 Å². The van der Waals surface area contributed by atoms with Gasteiger partial charge in [-0.3, -0.25) is 4.98 Å². The van der Waals surface area contributed by atoms with Crippen LogP contribution < -0.4 is 5.32 Å². The third kappa shape index (κ3) is 3.95. The lowest BCUT2D eigenvalue weighted by Gasteiger charge is -2.18. The SMILES string of the molecule is CCNC(Cc1ccc(C)cn1)c1ccc(Cl)c(Cl)c1. The Balaban J connectivity index is 2.21. The quantitative estimate of drug-likeness (QED) is 0.874. The van der Waals surface area contributed by atoms with Gasteiger partial charge in [-0.25, -0.2) is 0 Å². The Morgan fingerprint density at radius 1 is 1.15 bits per heavy atom. The average molecular weight is 309 g/mol. The van der Waals surface area contributed by atoms with Gasteiger partial charge in [-0.15, -0.1) is 0 Å². The number of benzene rings is 1. The molecular weight excluding hydrogens is 291 g/mol. The largest absolute Gasteiger partial charge is 0.310 e. The Morgan fingerprint density at radius 3 is 2.55 bits per heavy atom. The summed E-state index contributed by atoms with van der Waals surface area (Å²) in [7, 11) is 0. The molecule has 106 valence electrons. The molecule has 0 aliphatic rings. The van der Waals surface area contributed by atoms with Crippen molar-refractivity contribution in [2.45, 2.75) is 26.3 Å². The van der Waals surface area contributed by atoms with Crippen molar-refractivity contribution in [1.82, 2.24) is 10.3 Å². The van der Waals surface area contributed by atoms with Crippen LogP contribution in [0.5, 0.6) is 0 Å². The van der Waals surface area contributed by atoms with E-state index in [1.165, 1.54) is 5.56 Å². The number of hydrogen-bond donors (Lipinski definition) is 1. The van der Waals surface area contributed by atoms with Crippen LogP contribution in [0.25, 0.3) is 0 Å². The summed E-state index contributed by atoms with van der Waals surface area (Å²) in [6.07, 6.45) is 2.72. The molecule has 0 fully saturated rings. The first-order valence-electron chi connectivity index (χ1n) is 6.70. The van der Waals surface area contributed by atoms with Gasteiger partial charge in [0, 0.05) is 24.4 Å². The van der Waals surface area contributed by atoms with Crippen LogP contribution in [0, 0.1) is 6.92 Å². The molecule has 20 heavy (non-hydrogen) atoms. The predicted molar refractivity (Wildman–Crippen MR) is 85.6 cm³/mol. The van der Waals surface area contributed by atoms with Crippen molar-refractivity contribution in [3.8, 4) is 0 Å². The van der Waals surface area contributed by atoms with E-state index in [2.05, 4.69) is 29.4 Å². The lowest BCUT2D eigenvalue weighted by molar-refractivity contribution is 0.544. The molecule has 1 heterocycles. The van der Waals surface area contributed by atoms with E-state index in [1.54, 1.807) is 0 Å². The van der Waals surface area contributed by atoms with E-state index in [1.807, 2.05) is 31.3 Å². The zero-order chi connectivity index (χ0) is 14.5. The first kappa shape index (κ1) is 15.3. The van der Waals surface area contributed by atoms with Crippen molar-refractivity contribution in [3.05, 3.63) is 63.4 Å². The fourth-order valence-electron chi connectivity index (χ4n) is 2.11. The minimum atomic E-state index is 0.185. The van der Waals surface area contributed by atoms with Crippen LogP contribution in [0.2, 0.25) is 10.0 Å². The molecule has 0 saturated heterocycles. The van der Waals surface area contributed by atoms with Crippen molar-refractivity contribution in [2.75, 3.05) is 6.54 Å². The van der Waals surface area contributed by atoms with Gasteiger partial charge in [0.15, 0.2) is 0 Å². The molecule has 0 amide bonds. The molecule has 1 aromatic heterocycles. The Kier molecular flexibility index (Phi) is 5.41. The predicted octanol–water partition coefficient (Wildman–Crippen LogP) is 4.59. The number of nitrogens with one attached hydrogen (secondary N) is 1. The molecule has 2 aromatic rings. The number of pyridine rings is 1. The van der Waals surface area contributed by atoms with Crippen molar-refractivity contribution < 1.29 is 0 Å². The maximum Gasteiger partial charge on any atom is 0.0595 e. The number of aromatic nitrogens is 1. The van der Waals surface area contributed by atoms with E-state index in [-0.39, 0.29) is 6.04 Å². The topological polar surface area (TPSA) is 24.9 Å². The summed E-state index contributed by atoms with van der Waals surface area (Å²) in [6, 6.07) is 10.1. The van der Waals surface area contributed by atoms with Gasteiger partial charge in [0.05, 0.1) is 10.0 Å². The molecule has 2 nitrogen and oxygen atoms in total. The average Bonchev–Trinajstić information content (AvgIpc) is 2.44. The van der Waals surface area contributed by atoms with Gasteiger partial charge in [0.1, 0.15) is 0 Å². The third-order valence-corrected chi connectivity index (χ3v) is 3.92. The molecule has 2 rings (SSSR count). The van der Waals surface area contributed by atoms with Gasteiger partial charge in [-0.05, 0) is 42.8 Å². The fraction of sp³-hybridized carbons (Fsp3) is 0.312. The lowest BCUT2D eigenvalue weighted by Crippen LogP contribution is -2.23. The van der Waals surface area contributed by atoms with Gasteiger partial charge in [-0.2, -0.15) is 0 Å². The molecule has 1 atom stereocenters. The summed E-state index contributed by atoms with van der Waals surface area (Å²) in [5, 5.41) is 4.64. The maximum absolute atomic E-state index is 6.11. The number of rotatable bonds is 5. The van der Waals surface area contributed by atoms with Crippen LogP contribution in [0.1, 0.15) is 29.8 Å². The van der Waals surface area contributed by atoms with Gasteiger partial charge in [0.2, 0.25) is 0 Å². The van der Waals surface area contributed by atoms with E-state index < -0.39 is 0 Å². The molecule has 0 saturated carbocycles. The van der Waals surface area contributed by atoms with Crippen LogP contribution in [0.4, 0.5) is 0 Å². The molecule has 0 radical (unpaired) electrons. The molecule has 0 bridgehead atoms. The second-order valence-corrected chi connectivity index (χ2v) is 5.63. The summed E-state index contributed by atoms with van der Waals surface area (Å²) in [6.45, 7) is 5.02. The summed E-state index contributed by atoms with van der Waals surface area (Å²) in [5.74, 6) is 0. The van der Waals surface area contributed by atoms with Crippen LogP contribution in [-0.4, -0.2) is 11.5 Å². The number of likely N-dealkylation sites (N-methyl/N-ethyl adjacent to an activating group) is 1. The minimum absolute atomic E-state index is 0.185. The summed E-state index contributed by atoms with van der Waals surface area (Å²) >= 11 is 12.1. The van der Waals surface area contributed by atoms with Gasteiger partial charge < -0.3 is 5.32 Å². The first-order chi connectivity index (χ1) is 9.60. The summed E-state index contributed by atoms with van der Waals surface area (Å²) in [5.41, 5.74) is 3.36. The van der Waals surface area contributed by atoms with E-state index in [9.17, 15) is 0 Å². The van der Waals surface area contributed by atoms with Crippen molar-refractivity contribution in [2.24, 2.45) is 0 Å². The van der Waals surface area contributed by atoms with E-state index >= 15 is 0 Å². The van der Waals surface area contributed by atoms with E-state index in [4.69, 9.17) is 23.2 Å². The Morgan fingerprint density at radius 2 is 1.95 bits per heavy atom. The van der Waals surface area contributed by atoms with Crippen LogP contribution in [-0.2, 0) is 6.42 Å². The first-order valence-corrected chi connectivity index (χ1v) is 7.45. The highest BCUT2D eigenvalue weighted by atomic mass is 35.5. The van der Waals surface area contributed by atoms with Crippen molar-refractivity contribution in [3.63, 3.8) is 0 Å². The third-order valence-electron chi connectivity index (χ3n) is 3.18. The molecule has 0 aliphatic carbocycles. The van der Waals surface area contributed by atoms with Gasteiger partial charge >= 0.3 is 0 Å². The smallest absolute Gasteiger partial charge is 0.0595 e. The zero-order valence-electron chi connectivity index (χ0n) is 11.7. The number of halogens is 2. The minimum Gasteiger partial charge on any atom is -0.310 e. The normalized spacial score (nSPS) is 12.4. The van der Waals surface area contributed by atoms with E-state index in [0.29, 0.717) is 10.0 Å².